The summed E-state index contributed by atoms with van der Waals surface area (Å²) in [5, 5.41) is 12.6. The van der Waals surface area contributed by atoms with Crippen molar-refractivity contribution in [2.24, 2.45) is 0 Å². The Morgan fingerprint density at radius 2 is 2.23 bits per heavy atom. The van der Waals surface area contributed by atoms with Gasteiger partial charge in [0.1, 0.15) is 6.04 Å². The first-order chi connectivity index (χ1) is 10.6. The molecular weight excluding hydrogens is 290 g/mol. The third-order valence-electron chi connectivity index (χ3n) is 4.40. The monoisotopic (exact) mass is 304 g/mol. The molecule has 2 heterocycles. The molecule has 0 bridgehead atoms. The number of halogens is 2. The smallest absolute Gasteiger partial charge is 0.242 e. The molecule has 1 aliphatic carbocycles. The van der Waals surface area contributed by atoms with Crippen molar-refractivity contribution in [1.29, 1.82) is 0 Å². The minimum atomic E-state index is -0.879. The van der Waals surface area contributed by atoms with E-state index in [9.17, 15) is 13.6 Å². The van der Waals surface area contributed by atoms with Gasteiger partial charge in [-0.25, -0.2) is 8.78 Å². The molecule has 1 aliphatic heterocycles. The minimum Gasteiger partial charge on any atom is -0.348 e. The molecule has 1 aromatic heterocycles. The van der Waals surface area contributed by atoms with E-state index < -0.39 is 23.7 Å². The van der Waals surface area contributed by atoms with Crippen LogP contribution in [0.1, 0.15) is 40.9 Å². The van der Waals surface area contributed by atoms with Crippen LogP contribution in [-0.4, -0.2) is 16.1 Å². The maximum Gasteiger partial charge on any atom is 0.242 e. The SMILES string of the molecule is O=C(NC1CCc2ccc(F)c(F)c21)C1NCc2[nH]ncc21. The maximum absolute atomic E-state index is 14.0. The lowest BCUT2D eigenvalue weighted by atomic mass is 10.1. The van der Waals surface area contributed by atoms with Crippen LogP contribution in [0.4, 0.5) is 8.78 Å². The number of nitrogens with one attached hydrogen (secondary N) is 3. The van der Waals surface area contributed by atoms with Gasteiger partial charge in [0, 0.05) is 17.7 Å². The molecule has 22 heavy (non-hydrogen) atoms. The number of aromatic amines is 1. The number of aromatic nitrogens is 2. The maximum atomic E-state index is 14.0. The van der Waals surface area contributed by atoms with Crippen molar-refractivity contribution < 1.29 is 13.6 Å². The largest absolute Gasteiger partial charge is 0.348 e. The Morgan fingerprint density at radius 3 is 3.09 bits per heavy atom. The lowest BCUT2D eigenvalue weighted by molar-refractivity contribution is -0.123. The van der Waals surface area contributed by atoms with Crippen molar-refractivity contribution in [3.05, 3.63) is 52.3 Å². The zero-order valence-corrected chi connectivity index (χ0v) is 11.6. The van der Waals surface area contributed by atoms with E-state index in [1.54, 1.807) is 12.3 Å². The van der Waals surface area contributed by atoms with Crippen LogP contribution in [0, 0.1) is 11.6 Å². The van der Waals surface area contributed by atoms with Crippen LogP contribution in [0.3, 0.4) is 0 Å². The van der Waals surface area contributed by atoms with E-state index >= 15 is 0 Å². The third kappa shape index (κ3) is 1.93. The molecule has 0 saturated carbocycles. The normalized spacial score (nSPS) is 22.5. The van der Waals surface area contributed by atoms with Gasteiger partial charge >= 0.3 is 0 Å². The van der Waals surface area contributed by atoms with Crippen molar-refractivity contribution in [2.45, 2.75) is 31.5 Å². The summed E-state index contributed by atoms with van der Waals surface area (Å²) < 4.78 is 27.4. The van der Waals surface area contributed by atoms with Gasteiger partial charge < -0.3 is 5.32 Å². The summed E-state index contributed by atoms with van der Waals surface area (Å²) in [4.78, 5) is 12.4. The number of fused-ring (bicyclic) bond motifs is 2. The molecule has 2 atom stereocenters. The molecule has 0 saturated heterocycles. The van der Waals surface area contributed by atoms with E-state index in [1.165, 1.54) is 0 Å². The van der Waals surface area contributed by atoms with Gasteiger partial charge in [-0.05, 0) is 24.5 Å². The number of H-pyrrole nitrogens is 1. The Hall–Kier alpha value is -2.28. The Labute approximate surface area is 125 Å². The fourth-order valence-electron chi connectivity index (χ4n) is 3.31. The molecule has 2 aromatic rings. The molecule has 0 fully saturated rings. The predicted octanol–water partition coefficient (Wildman–Crippen LogP) is 1.64. The van der Waals surface area contributed by atoms with Crippen LogP contribution < -0.4 is 10.6 Å². The molecule has 0 radical (unpaired) electrons. The number of hydrogen-bond donors (Lipinski definition) is 3. The van der Waals surface area contributed by atoms with Crippen molar-refractivity contribution in [2.75, 3.05) is 0 Å². The van der Waals surface area contributed by atoms with E-state index in [2.05, 4.69) is 20.8 Å². The molecule has 0 spiro atoms. The molecule has 5 nitrogen and oxygen atoms in total. The van der Waals surface area contributed by atoms with Crippen molar-refractivity contribution in [1.82, 2.24) is 20.8 Å². The van der Waals surface area contributed by atoms with Gasteiger partial charge in [-0.15, -0.1) is 0 Å². The molecule has 1 amide bonds. The number of hydrogen-bond acceptors (Lipinski definition) is 3. The summed E-state index contributed by atoms with van der Waals surface area (Å²) in [6.45, 7) is 0.539. The highest BCUT2D eigenvalue weighted by Gasteiger charge is 2.34. The summed E-state index contributed by atoms with van der Waals surface area (Å²) in [6.07, 6.45) is 2.82. The highest BCUT2D eigenvalue weighted by Crippen LogP contribution is 2.35. The molecule has 4 rings (SSSR count). The van der Waals surface area contributed by atoms with Crippen LogP contribution in [0.2, 0.25) is 0 Å². The van der Waals surface area contributed by atoms with Crippen LogP contribution in [0.15, 0.2) is 18.3 Å². The molecule has 3 N–H and O–H groups in total. The lowest BCUT2D eigenvalue weighted by Crippen LogP contribution is -2.36. The molecule has 7 heteroatoms. The second-order valence-corrected chi connectivity index (χ2v) is 5.65. The summed E-state index contributed by atoms with van der Waals surface area (Å²) in [5.74, 6) is -1.98. The van der Waals surface area contributed by atoms with E-state index in [0.717, 1.165) is 22.9 Å². The van der Waals surface area contributed by atoms with Gasteiger partial charge in [-0.2, -0.15) is 5.10 Å². The van der Waals surface area contributed by atoms with Gasteiger partial charge in [0.25, 0.3) is 0 Å². The molecule has 2 unspecified atom stereocenters. The summed E-state index contributed by atoms with van der Waals surface area (Å²) in [5.41, 5.74) is 2.71. The van der Waals surface area contributed by atoms with E-state index in [4.69, 9.17) is 0 Å². The molecular formula is C15H14F2N4O. The van der Waals surface area contributed by atoms with Gasteiger partial charge in [0.15, 0.2) is 11.6 Å². The Balaban J connectivity index is 1.57. The fourth-order valence-corrected chi connectivity index (χ4v) is 3.31. The topological polar surface area (TPSA) is 69.8 Å². The molecule has 114 valence electrons. The average molecular weight is 304 g/mol. The molecule has 2 aliphatic rings. The van der Waals surface area contributed by atoms with Gasteiger partial charge in [0.05, 0.1) is 17.9 Å². The van der Waals surface area contributed by atoms with E-state index in [-0.39, 0.29) is 11.5 Å². The number of carbonyl (C=O) groups excluding carboxylic acids is 1. The van der Waals surface area contributed by atoms with Crippen LogP contribution >= 0.6 is 0 Å². The zero-order chi connectivity index (χ0) is 15.3. The standard InChI is InChI=1S/C15H14F2N4O/c16-9-3-1-7-2-4-10(12(7)13(9)17)20-15(22)14-8-5-19-21-11(8)6-18-14/h1,3,5,10,14,18H,2,4,6H2,(H,19,21)(H,20,22). The Bertz CT molecular complexity index is 758. The van der Waals surface area contributed by atoms with Gasteiger partial charge in [0.2, 0.25) is 5.91 Å². The second kappa shape index (κ2) is 4.88. The van der Waals surface area contributed by atoms with Crippen LogP contribution in [0.5, 0.6) is 0 Å². The third-order valence-corrected chi connectivity index (χ3v) is 4.40. The number of aryl methyl sites for hydroxylation is 1. The van der Waals surface area contributed by atoms with Gasteiger partial charge in [-0.1, -0.05) is 6.07 Å². The molecule has 1 aromatic carbocycles. The summed E-state index contributed by atoms with van der Waals surface area (Å²) >= 11 is 0. The first-order valence-corrected chi connectivity index (χ1v) is 7.18. The zero-order valence-electron chi connectivity index (χ0n) is 11.6. The van der Waals surface area contributed by atoms with Crippen molar-refractivity contribution in [3.8, 4) is 0 Å². The number of carbonyl (C=O) groups is 1. The Kier molecular flexibility index (Phi) is 2.97. The average Bonchev–Trinajstić information content (AvgIpc) is 3.17. The van der Waals surface area contributed by atoms with Gasteiger partial charge in [-0.3, -0.25) is 15.2 Å². The van der Waals surface area contributed by atoms with Crippen molar-refractivity contribution in [3.63, 3.8) is 0 Å². The number of benzene rings is 1. The lowest BCUT2D eigenvalue weighted by Gasteiger charge is -2.18. The summed E-state index contributed by atoms with van der Waals surface area (Å²) in [6, 6.07) is 1.72. The van der Waals surface area contributed by atoms with E-state index in [1.807, 2.05) is 0 Å². The quantitative estimate of drug-likeness (QED) is 0.790. The number of nitrogens with zero attached hydrogens (tertiary/aromatic N) is 1. The first-order valence-electron chi connectivity index (χ1n) is 7.18. The highest BCUT2D eigenvalue weighted by molar-refractivity contribution is 5.84. The van der Waals surface area contributed by atoms with Crippen LogP contribution in [-0.2, 0) is 17.8 Å². The van der Waals surface area contributed by atoms with Crippen molar-refractivity contribution >= 4 is 5.91 Å². The Morgan fingerprint density at radius 1 is 1.36 bits per heavy atom. The first kappa shape index (κ1) is 13.4. The second-order valence-electron chi connectivity index (χ2n) is 5.65. The summed E-state index contributed by atoms with van der Waals surface area (Å²) in [7, 11) is 0. The fraction of sp³-hybridized carbons (Fsp3) is 0.333. The minimum absolute atomic E-state index is 0.248. The number of amides is 1. The van der Waals surface area contributed by atoms with Crippen LogP contribution in [0.25, 0.3) is 0 Å². The predicted molar refractivity (Wildman–Crippen MR) is 73.7 cm³/mol. The van der Waals surface area contributed by atoms with E-state index in [0.29, 0.717) is 19.4 Å². The number of rotatable bonds is 2. The highest BCUT2D eigenvalue weighted by atomic mass is 19.2.